The molecule has 0 heterocycles. The maximum atomic E-state index is 2.28. The fourth-order valence-electron chi connectivity index (χ4n) is 1.65. The van der Waals surface area contributed by atoms with Gasteiger partial charge in [0.25, 0.3) is 0 Å². The first-order chi connectivity index (χ1) is 5.92. The van der Waals surface area contributed by atoms with Gasteiger partial charge in [-0.1, -0.05) is 42.5 Å². The Kier molecular flexibility index (Phi) is 1.83. The van der Waals surface area contributed by atoms with E-state index in [0.717, 1.165) is 6.42 Å². The lowest BCUT2D eigenvalue weighted by atomic mass is 10.1. The Morgan fingerprint density at radius 2 is 2.08 bits per heavy atom. The lowest BCUT2D eigenvalue weighted by molar-refractivity contribution is 1.31. The van der Waals surface area contributed by atoms with Crippen molar-refractivity contribution in [2.45, 2.75) is 13.3 Å². The number of benzene rings is 1. The normalized spacial score (nSPS) is 14.9. The molecule has 1 aliphatic carbocycles. The van der Waals surface area contributed by atoms with Crippen LogP contribution in [0.1, 0.15) is 18.1 Å². The van der Waals surface area contributed by atoms with E-state index in [-0.39, 0.29) is 0 Å². The van der Waals surface area contributed by atoms with Gasteiger partial charge in [-0.05, 0) is 30.0 Å². The number of rotatable bonds is 1. The van der Waals surface area contributed by atoms with Crippen LogP contribution < -0.4 is 0 Å². The fraction of sp³-hybridized carbons (Fsp3) is 0.167. The lowest BCUT2D eigenvalue weighted by Crippen LogP contribution is -1.80. The third kappa shape index (κ3) is 1.10. The van der Waals surface area contributed by atoms with Crippen molar-refractivity contribution < 1.29 is 0 Å². The molecule has 12 heavy (non-hydrogen) atoms. The highest BCUT2D eigenvalue weighted by Gasteiger charge is 2.09. The van der Waals surface area contributed by atoms with E-state index in [1.807, 2.05) is 0 Å². The highest BCUT2D eigenvalue weighted by Crippen LogP contribution is 2.27. The Bertz CT molecular complexity index is 343. The minimum absolute atomic E-state index is 1.09. The van der Waals surface area contributed by atoms with Crippen molar-refractivity contribution in [2.24, 2.45) is 0 Å². The molecule has 60 valence electrons. The van der Waals surface area contributed by atoms with Gasteiger partial charge >= 0.3 is 0 Å². The molecule has 0 radical (unpaired) electrons. The SMILES string of the molecule is C/C=C/C1=CCc2ccccc21. The van der Waals surface area contributed by atoms with E-state index in [2.05, 4.69) is 49.4 Å². The van der Waals surface area contributed by atoms with Crippen molar-refractivity contribution in [3.8, 4) is 0 Å². The zero-order valence-electron chi connectivity index (χ0n) is 7.25. The van der Waals surface area contributed by atoms with E-state index in [0.29, 0.717) is 0 Å². The topological polar surface area (TPSA) is 0 Å². The average molecular weight is 156 g/mol. The Hall–Kier alpha value is -1.30. The second-order valence-electron chi connectivity index (χ2n) is 3.02. The summed E-state index contributed by atoms with van der Waals surface area (Å²) in [6.45, 7) is 2.06. The molecule has 1 aromatic rings. The number of hydrogen-bond acceptors (Lipinski definition) is 0. The van der Waals surface area contributed by atoms with Crippen LogP contribution >= 0.6 is 0 Å². The van der Waals surface area contributed by atoms with Gasteiger partial charge in [0.1, 0.15) is 0 Å². The average Bonchev–Trinajstić information content (AvgIpc) is 2.50. The summed E-state index contributed by atoms with van der Waals surface area (Å²) in [6.07, 6.45) is 7.64. The quantitative estimate of drug-likeness (QED) is 0.585. The third-order valence-electron chi connectivity index (χ3n) is 2.22. The summed E-state index contributed by atoms with van der Waals surface area (Å²) in [4.78, 5) is 0. The summed E-state index contributed by atoms with van der Waals surface area (Å²) in [7, 11) is 0. The fourth-order valence-corrected chi connectivity index (χ4v) is 1.65. The molecule has 0 heteroatoms. The van der Waals surface area contributed by atoms with Crippen LogP contribution in [0.3, 0.4) is 0 Å². The lowest BCUT2D eigenvalue weighted by Gasteiger charge is -1.99. The van der Waals surface area contributed by atoms with Gasteiger partial charge in [0.05, 0.1) is 0 Å². The van der Waals surface area contributed by atoms with Crippen LogP contribution in [0.2, 0.25) is 0 Å². The molecule has 1 aliphatic rings. The molecular weight excluding hydrogens is 144 g/mol. The van der Waals surface area contributed by atoms with Crippen LogP contribution in [0, 0.1) is 0 Å². The summed E-state index contributed by atoms with van der Waals surface area (Å²) < 4.78 is 0. The maximum Gasteiger partial charge on any atom is -0.00821 e. The molecule has 0 aromatic heterocycles. The molecule has 0 spiro atoms. The van der Waals surface area contributed by atoms with Gasteiger partial charge in [-0.3, -0.25) is 0 Å². The Morgan fingerprint density at radius 1 is 1.25 bits per heavy atom. The van der Waals surface area contributed by atoms with Crippen molar-refractivity contribution in [3.05, 3.63) is 53.6 Å². The highest BCUT2D eigenvalue weighted by atomic mass is 14.1. The Balaban J connectivity index is 2.45. The smallest absolute Gasteiger partial charge is 0.00821 e. The largest absolute Gasteiger partial charge is 0.0871 e. The first-order valence-corrected chi connectivity index (χ1v) is 4.33. The number of allylic oxidation sites excluding steroid dienone is 4. The zero-order chi connectivity index (χ0) is 8.39. The minimum atomic E-state index is 1.09. The summed E-state index contributed by atoms with van der Waals surface area (Å²) in [5.41, 5.74) is 4.22. The first kappa shape index (κ1) is 7.35. The predicted molar refractivity (Wildman–Crippen MR) is 52.9 cm³/mol. The molecule has 0 bridgehead atoms. The minimum Gasteiger partial charge on any atom is -0.0871 e. The second-order valence-corrected chi connectivity index (χ2v) is 3.02. The van der Waals surface area contributed by atoms with Crippen LogP contribution in [0.15, 0.2) is 42.5 Å². The van der Waals surface area contributed by atoms with Crippen LogP contribution in [0.4, 0.5) is 0 Å². The molecule has 0 N–H and O–H groups in total. The summed E-state index contributed by atoms with van der Waals surface area (Å²) in [6, 6.07) is 8.59. The molecule has 1 aromatic carbocycles. The Labute approximate surface area is 73.2 Å². The van der Waals surface area contributed by atoms with E-state index in [1.165, 1.54) is 16.7 Å². The third-order valence-corrected chi connectivity index (χ3v) is 2.22. The van der Waals surface area contributed by atoms with E-state index < -0.39 is 0 Å². The first-order valence-electron chi connectivity index (χ1n) is 4.33. The van der Waals surface area contributed by atoms with Gasteiger partial charge in [0.15, 0.2) is 0 Å². The molecule has 2 rings (SSSR count). The van der Waals surface area contributed by atoms with Gasteiger partial charge in [0, 0.05) is 0 Å². The molecule has 0 atom stereocenters. The van der Waals surface area contributed by atoms with Crippen LogP contribution in [-0.4, -0.2) is 0 Å². The molecule has 0 unspecified atom stereocenters. The molecule has 0 saturated carbocycles. The van der Waals surface area contributed by atoms with Crippen LogP contribution in [0.25, 0.3) is 5.57 Å². The van der Waals surface area contributed by atoms with E-state index in [1.54, 1.807) is 0 Å². The van der Waals surface area contributed by atoms with Crippen molar-refractivity contribution in [1.82, 2.24) is 0 Å². The number of fused-ring (bicyclic) bond motifs is 1. The van der Waals surface area contributed by atoms with Gasteiger partial charge in [-0.2, -0.15) is 0 Å². The van der Waals surface area contributed by atoms with Crippen molar-refractivity contribution >= 4 is 5.57 Å². The van der Waals surface area contributed by atoms with E-state index >= 15 is 0 Å². The van der Waals surface area contributed by atoms with E-state index in [9.17, 15) is 0 Å². The zero-order valence-corrected chi connectivity index (χ0v) is 7.25. The highest BCUT2D eigenvalue weighted by molar-refractivity contribution is 5.79. The van der Waals surface area contributed by atoms with Gasteiger partial charge in [0.2, 0.25) is 0 Å². The van der Waals surface area contributed by atoms with Crippen LogP contribution in [-0.2, 0) is 6.42 Å². The molecule has 0 aliphatic heterocycles. The van der Waals surface area contributed by atoms with Gasteiger partial charge in [-0.15, -0.1) is 0 Å². The summed E-state index contributed by atoms with van der Waals surface area (Å²) in [5, 5.41) is 0. The van der Waals surface area contributed by atoms with Crippen molar-refractivity contribution in [1.29, 1.82) is 0 Å². The van der Waals surface area contributed by atoms with Gasteiger partial charge < -0.3 is 0 Å². The number of hydrogen-bond donors (Lipinski definition) is 0. The Morgan fingerprint density at radius 3 is 2.92 bits per heavy atom. The summed E-state index contributed by atoms with van der Waals surface area (Å²) >= 11 is 0. The molecule has 0 amide bonds. The molecular formula is C12H12. The van der Waals surface area contributed by atoms with Crippen molar-refractivity contribution in [3.63, 3.8) is 0 Å². The van der Waals surface area contributed by atoms with Gasteiger partial charge in [-0.25, -0.2) is 0 Å². The molecule has 0 saturated heterocycles. The van der Waals surface area contributed by atoms with Crippen LogP contribution in [0.5, 0.6) is 0 Å². The standard InChI is InChI=1S/C12H12/c1-2-5-10-8-9-11-6-3-4-7-12(10)11/h2-8H,9H2,1H3/b5-2+. The van der Waals surface area contributed by atoms with E-state index in [4.69, 9.17) is 0 Å². The predicted octanol–water partition coefficient (Wildman–Crippen LogP) is 3.20. The maximum absolute atomic E-state index is 2.28. The second kappa shape index (κ2) is 2.98. The van der Waals surface area contributed by atoms with Crippen molar-refractivity contribution in [2.75, 3.05) is 0 Å². The molecule has 0 nitrogen and oxygen atoms in total. The molecule has 0 fully saturated rings. The summed E-state index contributed by atoms with van der Waals surface area (Å²) in [5.74, 6) is 0. The monoisotopic (exact) mass is 156 g/mol.